The molecule has 1 aliphatic rings. The maximum Gasteiger partial charge on any atom is 0.322 e. The van der Waals surface area contributed by atoms with Gasteiger partial charge < -0.3 is 27.1 Å². The van der Waals surface area contributed by atoms with Gasteiger partial charge in [-0.1, -0.05) is 6.07 Å². The minimum Gasteiger partial charge on any atom is -0.404 e. The summed E-state index contributed by atoms with van der Waals surface area (Å²) in [6, 6.07) is 4.84. The Morgan fingerprint density at radius 3 is 2.68 bits per heavy atom. The fourth-order valence-corrected chi connectivity index (χ4v) is 3.27. The summed E-state index contributed by atoms with van der Waals surface area (Å²) in [5.74, 6) is -0.952. The number of amides is 4. The van der Waals surface area contributed by atoms with Crippen molar-refractivity contribution in [1.82, 2.24) is 20.9 Å². The molecule has 0 radical (unpaired) electrons. The zero-order valence-electron chi connectivity index (χ0n) is 17.5. The van der Waals surface area contributed by atoms with Crippen LogP contribution >= 0.6 is 0 Å². The SMILES string of the molecule is CC(C)Nc1c(C(=O)NCC2(C)NC(=O)NC2=O)cnc2ccc(/C(C=N)=C/N)cc12. The molecule has 2 aromatic rings. The smallest absolute Gasteiger partial charge is 0.322 e. The average Bonchev–Trinajstić information content (AvgIpc) is 2.98. The third-order valence-electron chi connectivity index (χ3n) is 4.93. The summed E-state index contributed by atoms with van der Waals surface area (Å²) in [4.78, 5) is 40.8. The van der Waals surface area contributed by atoms with E-state index in [1.165, 1.54) is 19.3 Å². The second-order valence-corrected chi connectivity index (χ2v) is 7.77. The van der Waals surface area contributed by atoms with Gasteiger partial charge in [-0.25, -0.2) is 4.79 Å². The number of pyridine rings is 1. The van der Waals surface area contributed by atoms with Gasteiger partial charge in [-0.05, 0) is 38.5 Å². The predicted octanol–water partition coefficient (Wildman–Crippen LogP) is 1.33. The van der Waals surface area contributed by atoms with Gasteiger partial charge in [0.1, 0.15) is 5.54 Å². The first kappa shape index (κ1) is 21.8. The second kappa shape index (κ2) is 8.42. The quantitative estimate of drug-likeness (QED) is 0.291. The highest BCUT2D eigenvalue weighted by molar-refractivity contribution is 6.12. The van der Waals surface area contributed by atoms with Gasteiger partial charge in [0.15, 0.2) is 0 Å². The summed E-state index contributed by atoms with van der Waals surface area (Å²) >= 11 is 0. The van der Waals surface area contributed by atoms with Gasteiger partial charge in [0.05, 0.1) is 16.8 Å². The van der Waals surface area contributed by atoms with E-state index >= 15 is 0 Å². The minimum atomic E-state index is -1.24. The normalized spacial score (nSPS) is 18.6. The molecule has 162 valence electrons. The molecule has 1 aliphatic heterocycles. The van der Waals surface area contributed by atoms with Crippen molar-refractivity contribution in [3.05, 3.63) is 41.7 Å². The van der Waals surface area contributed by atoms with Crippen LogP contribution in [0.3, 0.4) is 0 Å². The molecule has 3 rings (SSSR count). The van der Waals surface area contributed by atoms with Crippen LogP contribution in [0.1, 0.15) is 36.7 Å². The Bertz CT molecular complexity index is 1110. The fraction of sp³-hybridized carbons (Fsp3) is 0.286. The number of imide groups is 1. The average molecular weight is 423 g/mol. The van der Waals surface area contributed by atoms with Crippen molar-refractivity contribution in [2.45, 2.75) is 32.4 Å². The van der Waals surface area contributed by atoms with Gasteiger partial charge >= 0.3 is 6.03 Å². The Morgan fingerprint density at radius 1 is 1.35 bits per heavy atom. The molecule has 1 aromatic carbocycles. The number of anilines is 1. The molecule has 1 fully saturated rings. The minimum absolute atomic E-state index is 0.0190. The van der Waals surface area contributed by atoms with Crippen LogP contribution < -0.4 is 27.0 Å². The number of hydrogen-bond acceptors (Lipinski definition) is 7. The van der Waals surface area contributed by atoms with Crippen molar-refractivity contribution in [1.29, 1.82) is 5.41 Å². The van der Waals surface area contributed by atoms with Crippen LogP contribution in [0.2, 0.25) is 0 Å². The summed E-state index contributed by atoms with van der Waals surface area (Å²) in [5.41, 5.74) is 7.16. The summed E-state index contributed by atoms with van der Waals surface area (Å²) in [7, 11) is 0. The van der Waals surface area contributed by atoms with Crippen molar-refractivity contribution in [2.24, 2.45) is 5.73 Å². The first-order valence-corrected chi connectivity index (χ1v) is 9.72. The highest BCUT2D eigenvalue weighted by Crippen LogP contribution is 2.29. The molecule has 4 amide bonds. The van der Waals surface area contributed by atoms with Crippen LogP contribution in [0.4, 0.5) is 10.5 Å². The lowest BCUT2D eigenvalue weighted by atomic mass is 10.0. The summed E-state index contributed by atoms with van der Waals surface area (Å²) in [5, 5.41) is 18.9. The molecule has 1 atom stereocenters. The van der Waals surface area contributed by atoms with Crippen molar-refractivity contribution in [3.63, 3.8) is 0 Å². The molecule has 7 N–H and O–H groups in total. The Labute approximate surface area is 179 Å². The van der Waals surface area contributed by atoms with E-state index in [1.54, 1.807) is 12.1 Å². The number of urea groups is 1. The number of aromatic nitrogens is 1. The van der Waals surface area contributed by atoms with Crippen LogP contribution in [0.15, 0.2) is 30.6 Å². The van der Waals surface area contributed by atoms with Crippen molar-refractivity contribution in [2.75, 3.05) is 11.9 Å². The number of nitrogens with zero attached hydrogens (tertiary/aromatic N) is 1. The summed E-state index contributed by atoms with van der Waals surface area (Å²) < 4.78 is 0. The Kier molecular flexibility index (Phi) is 5.91. The third kappa shape index (κ3) is 4.32. The highest BCUT2D eigenvalue weighted by Gasteiger charge is 2.42. The lowest BCUT2D eigenvalue weighted by Gasteiger charge is -2.22. The molecular weight excluding hydrogens is 398 g/mol. The predicted molar refractivity (Wildman–Crippen MR) is 119 cm³/mol. The lowest BCUT2D eigenvalue weighted by molar-refractivity contribution is -0.123. The van der Waals surface area contributed by atoms with Crippen molar-refractivity contribution >= 4 is 46.2 Å². The number of benzene rings is 1. The molecule has 10 nitrogen and oxygen atoms in total. The van der Waals surface area contributed by atoms with E-state index in [2.05, 4.69) is 26.3 Å². The molecule has 1 saturated heterocycles. The second-order valence-electron chi connectivity index (χ2n) is 7.77. The standard InChI is InChI=1S/C21H25N7O3/c1-11(2)26-17-14-6-12(13(7-22)8-23)4-5-16(14)24-9-15(17)18(29)25-10-21(3)19(30)27-20(31)28-21/h4-9,11,22H,10,23H2,1-3H3,(H,24,26)(H,25,29)(H2,27,28,30,31)/b13-8+,22-7?. The molecule has 0 bridgehead atoms. The lowest BCUT2D eigenvalue weighted by Crippen LogP contribution is -2.52. The number of nitrogens with one attached hydrogen (secondary N) is 5. The van der Waals surface area contributed by atoms with Crippen molar-refractivity contribution in [3.8, 4) is 0 Å². The number of nitrogens with two attached hydrogens (primary N) is 1. The first-order valence-electron chi connectivity index (χ1n) is 9.72. The Hall–Kier alpha value is -3.95. The molecule has 31 heavy (non-hydrogen) atoms. The third-order valence-corrected chi connectivity index (χ3v) is 4.93. The topological polar surface area (TPSA) is 162 Å². The van der Waals surface area contributed by atoms with Crippen LogP contribution in [0.5, 0.6) is 0 Å². The monoisotopic (exact) mass is 423 g/mol. The number of rotatable bonds is 7. The van der Waals surface area contributed by atoms with Crippen LogP contribution in [0, 0.1) is 5.41 Å². The molecule has 1 unspecified atom stereocenters. The van der Waals surface area contributed by atoms with Gasteiger partial charge in [0.25, 0.3) is 11.8 Å². The Morgan fingerprint density at radius 2 is 2.10 bits per heavy atom. The number of allylic oxidation sites excluding steroid dienone is 1. The van der Waals surface area contributed by atoms with Crippen LogP contribution in [-0.4, -0.2) is 47.2 Å². The van der Waals surface area contributed by atoms with E-state index in [9.17, 15) is 14.4 Å². The zero-order valence-corrected chi connectivity index (χ0v) is 17.5. The first-order chi connectivity index (χ1) is 14.7. The molecule has 0 aliphatic carbocycles. The fourth-order valence-electron chi connectivity index (χ4n) is 3.27. The van der Waals surface area contributed by atoms with Gasteiger partial charge in [-0.3, -0.25) is 19.9 Å². The largest absolute Gasteiger partial charge is 0.404 e. The van der Waals surface area contributed by atoms with E-state index in [4.69, 9.17) is 11.1 Å². The molecule has 10 heteroatoms. The maximum absolute atomic E-state index is 13.0. The van der Waals surface area contributed by atoms with E-state index in [0.717, 1.165) is 6.21 Å². The number of fused-ring (bicyclic) bond motifs is 1. The van der Waals surface area contributed by atoms with Gasteiger partial charge in [-0.2, -0.15) is 0 Å². The zero-order chi connectivity index (χ0) is 22.8. The highest BCUT2D eigenvalue weighted by atomic mass is 16.2. The van der Waals surface area contributed by atoms with E-state index in [-0.39, 0.29) is 12.6 Å². The van der Waals surface area contributed by atoms with Crippen LogP contribution in [-0.2, 0) is 4.79 Å². The summed E-state index contributed by atoms with van der Waals surface area (Å²) in [6.45, 7) is 5.33. The van der Waals surface area contributed by atoms with Gasteiger partial charge in [-0.15, -0.1) is 0 Å². The molecule has 0 saturated carbocycles. The van der Waals surface area contributed by atoms with E-state index in [0.29, 0.717) is 33.3 Å². The molecule has 0 spiro atoms. The van der Waals surface area contributed by atoms with Gasteiger partial charge in [0.2, 0.25) is 0 Å². The number of carbonyl (C=O) groups excluding carboxylic acids is 3. The van der Waals surface area contributed by atoms with Crippen molar-refractivity contribution < 1.29 is 14.4 Å². The molecular formula is C21H25N7O3. The number of carbonyl (C=O) groups is 3. The van der Waals surface area contributed by atoms with Crippen LogP contribution in [0.25, 0.3) is 16.5 Å². The number of hydrogen-bond donors (Lipinski definition) is 6. The molecule has 2 heterocycles. The van der Waals surface area contributed by atoms with E-state index in [1.807, 2.05) is 19.9 Å². The maximum atomic E-state index is 13.0. The molecule has 1 aromatic heterocycles. The van der Waals surface area contributed by atoms with E-state index < -0.39 is 23.4 Å². The Balaban J connectivity index is 2.00. The van der Waals surface area contributed by atoms with Gasteiger partial charge in [0, 0.05) is 42.2 Å². The summed E-state index contributed by atoms with van der Waals surface area (Å²) in [6.07, 6.45) is 3.96.